The summed E-state index contributed by atoms with van der Waals surface area (Å²) in [6, 6.07) is 3.70. The van der Waals surface area contributed by atoms with Crippen molar-refractivity contribution in [2.24, 2.45) is 0 Å². The average Bonchev–Trinajstić information content (AvgIpc) is 2.77. The number of nitrogens with zero attached hydrogens (tertiary/aromatic N) is 1. The maximum atomic E-state index is 11.4. The lowest BCUT2D eigenvalue weighted by atomic mass is 10.1. The fraction of sp³-hybridized carbons (Fsp3) is 0.500. The van der Waals surface area contributed by atoms with Gasteiger partial charge in [0.15, 0.2) is 6.61 Å². The van der Waals surface area contributed by atoms with Gasteiger partial charge in [-0.3, -0.25) is 4.79 Å². The Labute approximate surface area is 116 Å². The molecule has 6 nitrogen and oxygen atoms in total. The molecule has 0 radical (unpaired) electrons. The molecule has 1 aromatic rings. The quantitative estimate of drug-likeness (QED) is 0.747. The number of nitrogen functional groups attached to an aromatic ring is 1. The number of nitrogens with one attached hydrogen (secondary N) is 1. The van der Waals surface area contributed by atoms with Crippen LogP contribution in [0.3, 0.4) is 0 Å². The van der Waals surface area contributed by atoms with E-state index in [1.54, 1.807) is 6.07 Å². The van der Waals surface area contributed by atoms with Gasteiger partial charge in [0.25, 0.3) is 5.91 Å². The molecule has 2 unspecified atom stereocenters. The molecular formula is C14H17N3O3. The lowest BCUT2D eigenvalue weighted by Crippen LogP contribution is -2.43. The number of carbonyl (C=O) groups excluding carboxylic acids is 1. The molecule has 2 bridgehead atoms. The lowest BCUT2D eigenvalue weighted by molar-refractivity contribution is -0.118. The zero-order chi connectivity index (χ0) is 13.7. The molecule has 3 heterocycles. The van der Waals surface area contributed by atoms with E-state index in [1.165, 1.54) is 0 Å². The molecule has 0 saturated carbocycles. The van der Waals surface area contributed by atoms with Gasteiger partial charge in [0, 0.05) is 19.2 Å². The molecule has 3 aliphatic rings. The number of carbonyl (C=O) groups is 1. The third-order valence-corrected chi connectivity index (χ3v) is 4.15. The van der Waals surface area contributed by atoms with Crippen molar-refractivity contribution in [1.29, 1.82) is 0 Å². The summed E-state index contributed by atoms with van der Waals surface area (Å²) in [5.41, 5.74) is 8.48. The van der Waals surface area contributed by atoms with E-state index in [0.717, 1.165) is 31.6 Å². The smallest absolute Gasteiger partial charge is 0.262 e. The molecule has 0 aliphatic carbocycles. The molecule has 6 heteroatoms. The van der Waals surface area contributed by atoms with Gasteiger partial charge in [-0.05, 0) is 18.9 Å². The number of anilines is 3. The summed E-state index contributed by atoms with van der Waals surface area (Å²) in [6.45, 7) is 1.76. The molecule has 1 amide bonds. The van der Waals surface area contributed by atoms with Gasteiger partial charge in [-0.25, -0.2) is 0 Å². The zero-order valence-electron chi connectivity index (χ0n) is 11.1. The maximum absolute atomic E-state index is 11.4. The minimum atomic E-state index is -0.129. The third kappa shape index (κ3) is 1.87. The minimum absolute atomic E-state index is 0.0491. The molecule has 3 aliphatic heterocycles. The van der Waals surface area contributed by atoms with E-state index in [9.17, 15) is 4.79 Å². The van der Waals surface area contributed by atoms with Crippen molar-refractivity contribution < 1.29 is 14.3 Å². The van der Waals surface area contributed by atoms with Crippen LogP contribution in [0.4, 0.5) is 17.1 Å². The van der Waals surface area contributed by atoms with Crippen LogP contribution in [0.1, 0.15) is 12.8 Å². The zero-order valence-corrected chi connectivity index (χ0v) is 11.1. The third-order valence-electron chi connectivity index (χ3n) is 4.15. The highest BCUT2D eigenvalue weighted by atomic mass is 16.5. The number of ether oxygens (including phenoxy) is 2. The van der Waals surface area contributed by atoms with Gasteiger partial charge >= 0.3 is 0 Å². The van der Waals surface area contributed by atoms with Crippen molar-refractivity contribution in [2.75, 3.05) is 35.6 Å². The molecule has 4 rings (SSSR count). The fourth-order valence-corrected chi connectivity index (χ4v) is 3.22. The van der Waals surface area contributed by atoms with Crippen molar-refractivity contribution in [1.82, 2.24) is 0 Å². The van der Waals surface area contributed by atoms with Crippen molar-refractivity contribution in [2.45, 2.75) is 25.0 Å². The molecule has 2 fully saturated rings. The van der Waals surface area contributed by atoms with Crippen LogP contribution < -0.4 is 20.7 Å². The maximum Gasteiger partial charge on any atom is 0.262 e. The summed E-state index contributed by atoms with van der Waals surface area (Å²) in [5, 5.41) is 2.83. The Hall–Kier alpha value is -1.95. The highest BCUT2D eigenvalue weighted by Crippen LogP contribution is 2.39. The summed E-state index contributed by atoms with van der Waals surface area (Å²) in [7, 11) is 0. The monoisotopic (exact) mass is 275 g/mol. The molecule has 0 aromatic heterocycles. The predicted octanol–water partition coefficient (Wildman–Crippen LogP) is 0.967. The molecule has 2 atom stereocenters. The Morgan fingerprint density at radius 1 is 1.25 bits per heavy atom. The minimum Gasteiger partial charge on any atom is -0.482 e. The molecule has 0 spiro atoms. The van der Waals surface area contributed by atoms with E-state index in [4.69, 9.17) is 15.2 Å². The Bertz CT molecular complexity index is 563. The van der Waals surface area contributed by atoms with E-state index < -0.39 is 0 Å². The second kappa shape index (κ2) is 4.28. The highest BCUT2D eigenvalue weighted by Gasteiger charge is 2.34. The van der Waals surface area contributed by atoms with Gasteiger partial charge < -0.3 is 25.4 Å². The van der Waals surface area contributed by atoms with Crippen LogP contribution in [0.25, 0.3) is 0 Å². The Balaban J connectivity index is 1.67. The Kier molecular flexibility index (Phi) is 2.53. The van der Waals surface area contributed by atoms with Gasteiger partial charge in [-0.2, -0.15) is 0 Å². The number of nitrogens with two attached hydrogens (primary N) is 1. The van der Waals surface area contributed by atoms with Gasteiger partial charge in [-0.15, -0.1) is 0 Å². The van der Waals surface area contributed by atoms with Gasteiger partial charge in [0.1, 0.15) is 5.75 Å². The molecule has 2 saturated heterocycles. The van der Waals surface area contributed by atoms with Crippen LogP contribution in [0, 0.1) is 0 Å². The molecule has 20 heavy (non-hydrogen) atoms. The van der Waals surface area contributed by atoms with Crippen LogP contribution in [0.5, 0.6) is 5.75 Å². The van der Waals surface area contributed by atoms with Crippen LogP contribution in [0.15, 0.2) is 12.1 Å². The second-order valence-corrected chi connectivity index (χ2v) is 5.61. The van der Waals surface area contributed by atoms with Crippen LogP contribution in [0.2, 0.25) is 0 Å². The molecule has 3 N–H and O–H groups in total. The van der Waals surface area contributed by atoms with Gasteiger partial charge in [-0.1, -0.05) is 0 Å². The summed E-state index contributed by atoms with van der Waals surface area (Å²) >= 11 is 0. The van der Waals surface area contributed by atoms with Gasteiger partial charge in [0.05, 0.1) is 29.3 Å². The van der Waals surface area contributed by atoms with Crippen LogP contribution >= 0.6 is 0 Å². The first-order valence-electron chi connectivity index (χ1n) is 6.95. The standard InChI is InChI=1S/C14H17N3O3/c15-10-3-13-11(16-14(18)7-19-13)4-12(10)17-5-8-1-2-9(6-17)20-8/h3-4,8-9H,1-2,5-7,15H2,(H,16,18). The highest BCUT2D eigenvalue weighted by molar-refractivity contribution is 5.97. The van der Waals surface area contributed by atoms with Crippen LogP contribution in [-0.4, -0.2) is 37.8 Å². The Morgan fingerprint density at radius 3 is 2.75 bits per heavy atom. The van der Waals surface area contributed by atoms with E-state index in [2.05, 4.69) is 10.2 Å². The van der Waals surface area contributed by atoms with E-state index in [1.807, 2.05) is 6.07 Å². The number of amides is 1. The lowest BCUT2D eigenvalue weighted by Gasteiger charge is -2.35. The van der Waals surface area contributed by atoms with E-state index in [0.29, 0.717) is 29.3 Å². The second-order valence-electron chi connectivity index (χ2n) is 5.61. The van der Waals surface area contributed by atoms with Crippen molar-refractivity contribution >= 4 is 23.0 Å². The normalized spacial score (nSPS) is 27.8. The van der Waals surface area contributed by atoms with Crippen LogP contribution in [-0.2, 0) is 9.53 Å². The van der Waals surface area contributed by atoms with Crippen molar-refractivity contribution in [3.05, 3.63) is 12.1 Å². The largest absolute Gasteiger partial charge is 0.482 e. The topological polar surface area (TPSA) is 76.8 Å². The number of morpholine rings is 1. The van der Waals surface area contributed by atoms with Crippen molar-refractivity contribution in [3.8, 4) is 5.75 Å². The first-order chi connectivity index (χ1) is 9.69. The van der Waals surface area contributed by atoms with E-state index >= 15 is 0 Å². The average molecular weight is 275 g/mol. The van der Waals surface area contributed by atoms with Crippen molar-refractivity contribution in [3.63, 3.8) is 0 Å². The number of fused-ring (bicyclic) bond motifs is 3. The summed E-state index contributed by atoms with van der Waals surface area (Å²) < 4.78 is 11.2. The van der Waals surface area contributed by atoms with Gasteiger partial charge in [0.2, 0.25) is 0 Å². The number of hydrogen-bond acceptors (Lipinski definition) is 5. The first kappa shape index (κ1) is 11.8. The summed E-state index contributed by atoms with van der Waals surface area (Å²) in [5.74, 6) is 0.511. The Morgan fingerprint density at radius 2 is 2.00 bits per heavy atom. The number of benzene rings is 1. The summed E-state index contributed by atoms with van der Waals surface area (Å²) in [4.78, 5) is 13.7. The molecule has 106 valence electrons. The first-order valence-corrected chi connectivity index (χ1v) is 6.95. The number of hydrogen-bond donors (Lipinski definition) is 2. The SMILES string of the molecule is Nc1cc2c(cc1N1CC3CCC(C1)O3)NC(=O)CO2. The predicted molar refractivity (Wildman–Crippen MR) is 75.1 cm³/mol. The molecular weight excluding hydrogens is 258 g/mol. The molecule has 1 aromatic carbocycles. The van der Waals surface area contributed by atoms with E-state index in [-0.39, 0.29) is 12.5 Å². The number of rotatable bonds is 1. The fourth-order valence-electron chi connectivity index (χ4n) is 3.22. The summed E-state index contributed by atoms with van der Waals surface area (Å²) in [6.07, 6.45) is 2.84.